The van der Waals surface area contributed by atoms with Crippen molar-refractivity contribution in [2.24, 2.45) is 5.92 Å². The summed E-state index contributed by atoms with van der Waals surface area (Å²) in [4.78, 5) is 29.9. The highest BCUT2D eigenvalue weighted by atomic mass is 19.1. The molecule has 1 aromatic heterocycles. The molecule has 35 heavy (non-hydrogen) atoms. The minimum atomic E-state index is -0.261. The van der Waals surface area contributed by atoms with Crippen molar-refractivity contribution in [3.05, 3.63) is 95.6 Å². The van der Waals surface area contributed by atoms with Crippen LogP contribution in [-0.2, 0) is 29.2 Å². The van der Waals surface area contributed by atoms with Gasteiger partial charge in [-0.3, -0.25) is 9.59 Å². The number of halogens is 1. The van der Waals surface area contributed by atoms with Crippen molar-refractivity contribution in [3.63, 3.8) is 0 Å². The van der Waals surface area contributed by atoms with Crippen LogP contribution in [0.5, 0.6) is 0 Å². The smallest absolute Gasteiger partial charge is 0.242 e. The molecule has 0 atom stereocenters. The van der Waals surface area contributed by atoms with Crippen LogP contribution in [0.1, 0.15) is 50.9 Å². The summed E-state index contributed by atoms with van der Waals surface area (Å²) in [5.41, 5.74) is 2.99. The number of hydrogen-bond acceptors (Lipinski definition) is 2. The van der Waals surface area contributed by atoms with E-state index in [4.69, 9.17) is 0 Å². The molecule has 186 valence electrons. The van der Waals surface area contributed by atoms with E-state index in [1.54, 1.807) is 17.0 Å². The average Bonchev–Trinajstić information content (AvgIpc) is 3.24. The van der Waals surface area contributed by atoms with E-state index in [-0.39, 0.29) is 36.1 Å². The second-order valence-electron chi connectivity index (χ2n) is 9.70. The van der Waals surface area contributed by atoms with Gasteiger partial charge in [0.2, 0.25) is 11.8 Å². The number of aromatic nitrogens is 1. The third-order valence-corrected chi connectivity index (χ3v) is 5.94. The van der Waals surface area contributed by atoms with Crippen molar-refractivity contribution < 1.29 is 14.0 Å². The minimum Gasteiger partial charge on any atom is -0.345 e. The summed E-state index contributed by atoms with van der Waals surface area (Å²) in [7, 11) is 0. The molecule has 0 fully saturated rings. The first-order valence-corrected chi connectivity index (χ1v) is 12.2. The third-order valence-electron chi connectivity index (χ3n) is 5.94. The number of carbonyl (C=O) groups is 2. The van der Waals surface area contributed by atoms with Crippen LogP contribution < -0.4 is 0 Å². The van der Waals surface area contributed by atoms with Gasteiger partial charge < -0.3 is 14.4 Å². The van der Waals surface area contributed by atoms with Crippen molar-refractivity contribution in [1.82, 2.24) is 14.4 Å². The summed E-state index contributed by atoms with van der Waals surface area (Å²) < 4.78 is 15.4. The van der Waals surface area contributed by atoms with Gasteiger partial charge in [-0.05, 0) is 55.2 Å². The molecule has 2 aromatic carbocycles. The summed E-state index contributed by atoms with van der Waals surface area (Å²) in [6.45, 7) is 9.40. The fourth-order valence-electron chi connectivity index (χ4n) is 4.04. The maximum atomic E-state index is 13.6. The highest BCUT2D eigenvalue weighted by Crippen LogP contribution is 2.16. The molecular formula is C29H36FN3O2. The molecule has 0 saturated heterocycles. The summed E-state index contributed by atoms with van der Waals surface area (Å²) in [5.74, 6) is -0.117. The van der Waals surface area contributed by atoms with Gasteiger partial charge >= 0.3 is 0 Å². The van der Waals surface area contributed by atoms with Crippen LogP contribution in [0.4, 0.5) is 4.39 Å². The predicted octanol–water partition coefficient (Wildman–Crippen LogP) is 5.49. The molecule has 3 rings (SSSR count). The Kier molecular flexibility index (Phi) is 9.24. The molecule has 0 saturated carbocycles. The van der Waals surface area contributed by atoms with Gasteiger partial charge in [0.15, 0.2) is 0 Å². The van der Waals surface area contributed by atoms with Gasteiger partial charge in [0.1, 0.15) is 5.82 Å². The Hall–Kier alpha value is -3.41. The average molecular weight is 478 g/mol. The van der Waals surface area contributed by atoms with Crippen LogP contribution in [0.3, 0.4) is 0 Å². The lowest BCUT2D eigenvalue weighted by Crippen LogP contribution is -2.45. The number of hydrogen-bond donors (Lipinski definition) is 0. The van der Waals surface area contributed by atoms with E-state index in [1.165, 1.54) is 12.1 Å². The van der Waals surface area contributed by atoms with Crippen LogP contribution in [0, 0.1) is 11.7 Å². The van der Waals surface area contributed by atoms with Crippen LogP contribution in [0.2, 0.25) is 0 Å². The fourth-order valence-corrected chi connectivity index (χ4v) is 4.04. The quantitative estimate of drug-likeness (QED) is 0.367. The first kappa shape index (κ1) is 26.2. The second kappa shape index (κ2) is 12.3. The maximum Gasteiger partial charge on any atom is 0.242 e. The first-order valence-electron chi connectivity index (χ1n) is 12.2. The molecule has 0 radical (unpaired) electrons. The van der Waals surface area contributed by atoms with Crippen LogP contribution in [0.25, 0.3) is 0 Å². The van der Waals surface area contributed by atoms with E-state index in [0.29, 0.717) is 26.1 Å². The Labute approximate surface area is 208 Å². The van der Waals surface area contributed by atoms with Crippen molar-refractivity contribution in [2.75, 3.05) is 6.54 Å². The molecule has 0 N–H and O–H groups in total. The Balaban J connectivity index is 1.81. The van der Waals surface area contributed by atoms with Crippen molar-refractivity contribution in [3.8, 4) is 0 Å². The van der Waals surface area contributed by atoms with Crippen molar-refractivity contribution in [2.45, 2.75) is 59.8 Å². The van der Waals surface area contributed by atoms with E-state index >= 15 is 0 Å². The van der Waals surface area contributed by atoms with Crippen molar-refractivity contribution in [1.29, 1.82) is 0 Å². The molecule has 3 aromatic rings. The van der Waals surface area contributed by atoms with E-state index in [0.717, 1.165) is 16.8 Å². The van der Waals surface area contributed by atoms with E-state index in [9.17, 15) is 14.0 Å². The normalized spacial score (nSPS) is 11.2. The lowest BCUT2D eigenvalue weighted by molar-refractivity contribution is -0.143. The monoisotopic (exact) mass is 477 g/mol. The van der Waals surface area contributed by atoms with E-state index in [1.807, 2.05) is 81.3 Å². The van der Waals surface area contributed by atoms with Crippen LogP contribution in [0.15, 0.2) is 72.9 Å². The summed E-state index contributed by atoms with van der Waals surface area (Å²) in [6, 6.07) is 20.2. The Morgan fingerprint density at radius 2 is 1.51 bits per heavy atom. The topological polar surface area (TPSA) is 45.6 Å². The van der Waals surface area contributed by atoms with Crippen LogP contribution >= 0.6 is 0 Å². The number of benzene rings is 2. The molecule has 0 bridgehead atoms. The number of carbonyl (C=O) groups excluding carboxylic acids is 2. The fraction of sp³-hybridized carbons (Fsp3) is 0.379. The number of rotatable bonds is 11. The Bertz CT molecular complexity index is 1090. The molecule has 2 amide bonds. The molecule has 1 heterocycles. The maximum absolute atomic E-state index is 13.6. The van der Waals surface area contributed by atoms with E-state index < -0.39 is 0 Å². The molecule has 0 aliphatic rings. The zero-order valence-corrected chi connectivity index (χ0v) is 21.2. The van der Waals surface area contributed by atoms with Gasteiger partial charge in [-0.15, -0.1) is 0 Å². The SMILES string of the molecule is CC(C)CC(=O)N(CC(=O)N(Cc1ccccc1)Cc1cccn1Cc1ccc(F)cc1)C(C)C. The lowest BCUT2D eigenvalue weighted by atomic mass is 10.1. The molecule has 0 spiro atoms. The minimum absolute atomic E-state index is 0.00250. The summed E-state index contributed by atoms with van der Waals surface area (Å²) in [5, 5.41) is 0. The molecule has 0 unspecified atom stereocenters. The zero-order chi connectivity index (χ0) is 25.4. The highest BCUT2D eigenvalue weighted by Gasteiger charge is 2.24. The predicted molar refractivity (Wildman–Crippen MR) is 137 cm³/mol. The number of amides is 2. The summed E-state index contributed by atoms with van der Waals surface area (Å²) >= 11 is 0. The van der Waals surface area contributed by atoms with Gasteiger partial charge in [-0.25, -0.2) is 4.39 Å². The van der Waals surface area contributed by atoms with E-state index in [2.05, 4.69) is 4.57 Å². The number of nitrogens with zero attached hydrogens (tertiary/aromatic N) is 3. The molecule has 6 heteroatoms. The summed E-state index contributed by atoms with van der Waals surface area (Å²) in [6.07, 6.45) is 2.39. The standard InChI is InChI=1S/C29H36FN3O2/c1-22(2)17-28(34)33(23(3)4)21-29(35)32(19-24-9-6-5-7-10-24)20-27-11-8-16-31(27)18-25-12-14-26(30)15-13-25/h5-16,22-23H,17-21H2,1-4H3. The molecule has 5 nitrogen and oxygen atoms in total. The largest absolute Gasteiger partial charge is 0.345 e. The lowest BCUT2D eigenvalue weighted by Gasteiger charge is -2.31. The first-order chi connectivity index (χ1) is 16.7. The van der Waals surface area contributed by atoms with Crippen molar-refractivity contribution >= 4 is 11.8 Å². The van der Waals surface area contributed by atoms with Gasteiger partial charge in [0.25, 0.3) is 0 Å². The van der Waals surface area contributed by atoms with Gasteiger partial charge in [0.05, 0.1) is 13.1 Å². The second-order valence-corrected chi connectivity index (χ2v) is 9.70. The molecule has 0 aliphatic carbocycles. The highest BCUT2D eigenvalue weighted by molar-refractivity contribution is 5.85. The van der Waals surface area contributed by atoms with Gasteiger partial charge in [-0.1, -0.05) is 56.3 Å². The molecule has 0 aliphatic heterocycles. The molecular weight excluding hydrogens is 441 g/mol. The van der Waals surface area contributed by atoms with Gasteiger partial charge in [-0.2, -0.15) is 0 Å². The van der Waals surface area contributed by atoms with Crippen LogP contribution in [-0.4, -0.2) is 38.8 Å². The zero-order valence-electron chi connectivity index (χ0n) is 21.2. The van der Waals surface area contributed by atoms with Gasteiger partial charge in [0, 0.05) is 37.4 Å². The third kappa shape index (κ3) is 7.81. The Morgan fingerprint density at radius 1 is 0.829 bits per heavy atom. The Morgan fingerprint density at radius 3 is 2.14 bits per heavy atom.